The van der Waals surface area contributed by atoms with Gasteiger partial charge in [0.1, 0.15) is 0 Å². The van der Waals surface area contributed by atoms with Crippen LogP contribution < -0.4 is 10.6 Å². The molecule has 0 fully saturated rings. The number of carbonyl (C=O) groups excluding carboxylic acids is 1. The van der Waals surface area contributed by atoms with Gasteiger partial charge in [0.2, 0.25) is 0 Å². The van der Waals surface area contributed by atoms with Gasteiger partial charge in [-0.05, 0) is 49.4 Å². The molecule has 3 N–H and O–H groups in total. The Morgan fingerprint density at radius 2 is 1.52 bits per heavy atom. The summed E-state index contributed by atoms with van der Waals surface area (Å²) in [5, 5.41) is 15.2. The molecule has 0 saturated carbocycles. The molecule has 0 atom stereocenters. The highest BCUT2D eigenvalue weighted by molar-refractivity contribution is 6.10. The molecule has 3 aromatic carbocycles. The molecular formula is C24H20N2O3. The van der Waals surface area contributed by atoms with E-state index in [1.807, 2.05) is 43.3 Å². The van der Waals surface area contributed by atoms with Gasteiger partial charge in [0.05, 0.1) is 16.8 Å². The number of nitrogens with one attached hydrogen (secondary N) is 2. The molecule has 1 amide bonds. The van der Waals surface area contributed by atoms with Crippen molar-refractivity contribution in [2.24, 2.45) is 0 Å². The molecular weight excluding hydrogens is 364 g/mol. The average Bonchev–Trinajstić information content (AvgIpc) is 2.73. The van der Waals surface area contributed by atoms with Gasteiger partial charge in [0, 0.05) is 23.4 Å². The standard InChI is InChI=1S/C24H20N2O3/c1-2-25-22-16-18(13-12-17-8-4-3-5-9-17)14-15-19(22)23(27)26-21-11-7-6-10-20(21)24(28)29/h3-11,14-16,25H,2H2,1H3,(H,26,27)(H,28,29). The topological polar surface area (TPSA) is 78.4 Å². The summed E-state index contributed by atoms with van der Waals surface area (Å²) in [5.74, 6) is 4.71. The zero-order chi connectivity index (χ0) is 20.6. The maximum atomic E-state index is 12.8. The molecule has 5 heteroatoms. The summed E-state index contributed by atoms with van der Waals surface area (Å²) >= 11 is 0. The number of hydrogen-bond donors (Lipinski definition) is 3. The second-order valence-corrected chi connectivity index (χ2v) is 6.21. The summed E-state index contributed by atoms with van der Waals surface area (Å²) in [5.41, 5.74) is 3.02. The zero-order valence-electron chi connectivity index (χ0n) is 15.9. The molecule has 0 aliphatic rings. The SMILES string of the molecule is CCNc1cc(C#Cc2ccccc2)ccc1C(=O)Nc1ccccc1C(=O)O. The Morgan fingerprint density at radius 1 is 0.828 bits per heavy atom. The van der Waals surface area contributed by atoms with E-state index in [2.05, 4.69) is 22.5 Å². The lowest BCUT2D eigenvalue weighted by Crippen LogP contribution is -2.17. The molecule has 0 spiro atoms. The van der Waals surface area contributed by atoms with Crippen LogP contribution in [-0.4, -0.2) is 23.5 Å². The first-order chi connectivity index (χ1) is 14.1. The molecule has 5 nitrogen and oxygen atoms in total. The van der Waals surface area contributed by atoms with Crippen molar-refractivity contribution < 1.29 is 14.7 Å². The van der Waals surface area contributed by atoms with Crippen LogP contribution >= 0.6 is 0 Å². The highest BCUT2D eigenvalue weighted by atomic mass is 16.4. The average molecular weight is 384 g/mol. The fourth-order valence-corrected chi connectivity index (χ4v) is 2.79. The number of carboxylic acid groups (broad SMARTS) is 1. The Hall–Kier alpha value is -4.04. The maximum absolute atomic E-state index is 12.8. The van der Waals surface area contributed by atoms with Gasteiger partial charge in [-0.3, -0.25) is 4.79 Å². The Labute approximate surface area is 169 Å². The molecule has 3 rings (SSSR count). The number of benzene rings is 3. The maximum Gasteiger partial charge on any atom is 0.337 e. The number of amides is 1. The van der Waals surface area contributed by atoms with Crippen LogP contribution in [0.25, 0.3) is 0 Å². The highest BCUT2D eigenvalue weighted by Gasteiger charge is 2.15. The normalized spacial score (nSPS) is 9.83. The lowest BCUT2D eigenvalue weighted by Gasteiger charge is -2.13. The molecule has 0 aromatic heterocycles. The molecule has 0 unspecified atom stereocenters. The van der Waals surface area contributed by atoms with Gasteiger partial charge in [-0.25, -0.2) is 4.79 Å². The van der Waals surface area contributed by atoms with Crippen molar-refractivity contribution in [2.45, 2.75) is 6.92 Å². The van der Waals surface area contributed by atoms with E-state index in [0.717, 1.165) is 11.1 Å². The molecule has 0 radical (unpaired) electrons. The minimum Gasteiger partial charge on any atom is -0.478 e. The van der Waals surface area contributed by atoms with Crippen molar-refractivity contribution >= 4 is 23.3 Å². The van der Waals surface area contributed by atoms with Crippen LogP contribution in [0.15, 0.2) is 72.8 Å². The smallest absolute Gasteiger partial charge is 0.337 e. The predicted octanol–water partition coefficient (Wildman–Crippen LogP) is 4.47. The van der Waals surface area contributed by atoms with E-state index in [-0.39, 0.29) is 11.3 Å². The van der Waals surface area contributed by atoms with Crippen LogP contribution in [0.2, 0.25) is 0 Å². The lowest BCUT2D eigenvalue weighted by molar-refractivity contribution is 0.0698. The van der Waals surface area contributed by atoms with Gasteiger partial charge in [-0.2, -0.15) is 0 Å². The minimum absolute atomic E-state index is 0.0381. The van der Waals surface area contributed by atoms with Gasteiger partial charge >= 0.3 is 5.97 Å². The van der Waals surface area contributed by atoms with Crippen LogP contribution in [0.1, 0.15) is 38.8 Å². The van der Waals surface area contributed by atoms with Gasteiger partial charge in [0.25, 0.3) is 5.91 Å². The molecule has 0 saturated heterocycles. The number of rotatable bonds is 5. The minimum atomic E-state index is -1.10. The number of carbonyl (C=O) groups is 2. The third kappa shape index (κ3) is 5.02. The van der Waals surface area contributed by atoms with Crippen molar-refractivity contribution in [1.82, 2.24) is 0 Å². The van der Waals surface area contributed by atoms with Crippen molar-refractivity contribution in [3.8, 4) is 11.8 Å². The molecule has 0 aliphatic carbocycles. The predicted molar refractivity (Wildman–Crippen MR) is 114 cm³/mol. The molecule has 0 aliphatic heterocycles. The van der Waals surface area contributed by atoms with Crippen molar-refractivity contribution in [3.05, 3.63) is 95.1 Å². The Bertz CT molecular complexity index is 1100. The van der Waals surface area contributed by atoms with Crippen LogP contribution in [0, 0.1) is 11.8 Å². The Morgan fingerprint density at radius 3 is 2.24 bits per heavy atom. The summed E-state index contributed by atoms with van der Waals surface area (Å²) in [7, 11) is 0. The van der Waals surface area contributed by atoms with Crippen molar-refractivity contribution in [3.63, 3.8) is 0 Å². The fourth-order valence-electron chi connectivity index (χ4n) is 2.79. The first-order valence-corrected chi connectivity index (χ1v) is 9.17. The van der Waals surface area contributed by atoms with E-state index in [1.54, 1.807) is 30.3 Å². The Kier molecular flexibility index (Phi) is 6.29. The van der Waals surface area contributed by atoms with E-state index in [9.17, 15) is 14.7 Å². The first kappa shape index (κ1) is 19.7. The van der Waals surface area contributed by atoms with Crippen LogP contribution in [0.5, 0.6) is 0 Å². The lowest BCUT2D eigenvalue weighted by atomic mass is 10.1. The fraction of sp³-hybridized carbons (Fsp3) is 0.0833. The van der Waals surface area contributed by atoms with Gasteiger partial charge in [-0.1, -0.05) is 42.2 Å². The molecule has 0 bridgehead atoms. The molecule has 0 heterocycles. The van der Waals surface area contributed by atoms with E-state index in [4.69, 9.17) is 0 Å². The summed E-state index contributed by atoms with van der Waals surface area (Å²) in [6.07, 6.45) is 0. The number of hydrogen-bond acceptors (Lipinski definition) is 3. The van der Waals surface area contributed by atoms with Crippen LogP contribution in [0.4, 0.5) is 11.4 Å². The van der Waals surface area contributed by atoms with Crippen molar-refractivity contribution in [1.29, 1.82) is 0 Å². The third-order valence-corrected chi connectivity index (χ3v) is 4.16. The van der Waals surface area contributed by atoms with Crippen LogP contribution in [0.3, 0.4) is 0 Å². The van der Waals surface area contributed by atoms with Crippen molar-refractivity contribution in [2.75, 3.05) is 17.2 Å². The summed E-state index contributed by atoms with van der Waals surface area (Å²) < 4.78 is 0. The van der Waals surface area contributed by atoms with Crippen LogP contribution in [-0.2, 0) is 0 Å². The zero-order valence-corrected chi connectivity index (χ0v) is 15.9. The highest BCUT2D eigenvalue weighted by Crippen LogP contribution is 2.21. The van der Waals surface area contributed by atoms with E-state index < -0.39 is 11.9 Å². The van der Waals surface area contributed by atoms with Gasteiger partial charge in [-0.15, -0.1) is 0 Å². The summed E-state index contributed by atoms with van der Waals surface area (Å²) in [6, 6.07) is 21.2. The second-order valence-electron chi connectivity index (χ2n) is 6.21. The van der Waals surface area contributed by atoms with Gasteiger partial charge < -0.3 is 15.7 Å². The van der Waals surface area contributed by atoms with E-state index >= 15 is 0 Å². The second kappa shape index (κ2) is 9.25. The first-order valence-electron chi connectivity index (χ1n) is 9.17. The van der Waals surface area contributed by atoms with E-state index in [1.165, 1.54) is 6.07 Å². The quantitative estimate of drug-likeness (QED) is 0.567. The summed E-state index contributed by atoms with van der Waals surface area (Å²) in [6.45, 7) is 2.56. The van der Waals surface area contributed by atoms with Gasteiger partial charge in [0.15, 0.2) is 0 Å². The number of aromatic carboxylic acids is 1. The Balaban J connectivity index is 1.88. The third-order valence-electron chi connectivity index (χ3n) is 4.16. The largest absolute Gasteiger partial charge is 0.478 e. The summed E-state index contributed by atoms with van der Waals surface area (Å²) in [4.78, 5) is 24.2. The monoisotopic (exact) mass is 384 g/mol. The van der Waals surface area contributed by atoms with E-state index in [0.29, 0.717) is 17.8 Å². The number of carboxylic acids is 1. The molecule has 144 valence electrons. The number of anilines is 2. The molecule has 3 aromatic rings. The molecule has 29 heavy (non-hydrogen) atoms. The number of para-hydroxylation sites is 1.